The molecule has 1 saturated heterocycles. The number of carbonyl (C=O) groups is 1. The van der Waals surface area contributed by atoms with E-state index in [1.807, 2.05) is 25.4 Å². The molecule has 0 bridgehead atoms. The van der Waals surface area contributed by atoms with Crippen LogP contribution in [0.3, 0.4) is 0 Å². The van der Waals surface area contributed by atoms with Crippen LogP contribution in [-0.2, 0) is 4.79 Å². The third-order valence-corrected chi connectivity index (χ3v) is 4.85. The summed E-state index contributed by atoms with van der Waals surface area (Å²) in [5.74, 6) is 0.336. The standard InChI is InChI=1S/C15H21N5O2S/c1-11-10-13(22-18-11)17-14(21)12(2)19-5-3-6-20(8-7-19)15-16-4-9-23-15/h4,9-10,12H,3,5-8H2,1-2H3,(H,17,21)/t12-/m1/s1. The fourth-order valence-corrected chi connectivity index (χ4v) is 3.40. The van der Waals surface area contributed by atoms with Crippen LogP contribution in [-0.4, -0.2) is 53.2 Å². The molecule has 0 radical (unpaired) electrons. The van der Waals surface area contributed by atoms with Gasteiger partial charge in [-0.05, 0) is 20.3 Å². The molecule has 1 amide bonds. The van der Waals surface area contributed by atoms with Crippen molar-refractivity contribution < 1.29 is 9.32 Å². The van der Waals surface area contributed by atoms with Crippen molar-refractivity contribution in [1.82, 2.24) is 15.0 Å². The molecule has 23 heavy (non-hydrogen) atoms. The summed E-state index contributed by atoms with van der Waals surface area (Å²) in [5.41, 5.74) is 0.752. The number of aryl methyl sites for hydroxylation is 1. The predicted octanol–water partition coefficient (Wildman–Crippen LogP) is 1.98. The third kappa shape index (κ3) is 3.89. The summed E-state index contributed by atoms with van der Waals surface area (Å²) in [4.78, 5) is 21.2. The van der Waals surface area contributed by atoms with Gasteiger partial charge in [0, 0.05) is 43.8 Å². The lowest BCUT2D eigenvalue weighted by Gasteiger charge is -2.26. The van der Waals surface area contributed by atoms with E-state index in [-0.39, 0.29) is 11.9 Å². The van der Waals surface area contributed by atoms with Gasteiger partial charge in [-0.2, -0.15) is 0 Å². The van der Waals surface area contributed by atoms with Crippen LogP contribution < -0.4 is 10.2 Å². The number of nitrogens with zero attached hydrogens (tertiary/aromatic N) is 4. The van der Waals surface area contributed by atoms with Crippen LogP contribution in [0.1, 0.15) is 19.0 Å². The van der Waals surface area contributed by atoms with E-state index in [1.165, 1.54) is 0 Å². The van der Waals surface area contributed by atoms with Gasteiger partial charge in [-0.3, -0.25) is 15.0 Å². The van der Waals surface area contributed by atoms with Crippen LogP contribution in [0.4, 0.5) is 11.0 Å². The van der Waals surface area contributed by atoms with E-state index in [9.17, 15) is 4.79 Å². The minimum Gasteiger partial charge on any atom is -0.347 e. The van der Waals surface area contributed by atoms with Gasteiger partial charge in [0.15, 0.2) is 5.13 Å². The number of hydrogen-bond acceptors (Lipinski definition) is 7. The molecule has 1 aliphatic rings. The number of amides is 1. The molecule has 1 N–H and O–H groups in total. The third-order valence-electron chi connectivity index (χ3n) is 4.02. The van der Waals surface area contributed by atoms with Gasteiger partial charge in [0.25, 0.3) is 0 Å². The molecule has 0 unspecified atom stereocenters. The molecule has 0 aliphatic carbocycles. The zero-order valence-corrected chi connectivity index (χ0v) is 14.2. The monoisotopic (exact) mass is 335 g/mol. The summed E-state index contributed by atoms with van der Waals surface area (Å²) in [7, 11) is 0. The molecular formula is C15H21N5O2S. The van der Waals surface area contributed by atoms with Crippen LogP contribution >= 0.6 is 11.3 Å². The summed E-state index contributed by atoms with van der Waals surface area (Å²) in [6.45, 7) is 7.34. The Labute approximate surface area is 139 Å². The smallest absolute Gasteiger partial charge is 0.243 e. The molecule has 2 aromatic rings. The minimum absolute atomic E-state index is 0.0659. The average Bonchev–Trinajstić information content (AvgIpc) is 3.14. The van der Waals surface area contributed by atoms with Gasteiger partial charge in [0.1, 0.15) is 0 Å². The molecule has 1 fully saturated rings. The van der Waals surface area contributed by atoms with Crippen LogP contribution in [0, 0.1) is 6.92 Å². The van der Waals surface area contributed by atoms with Gasteiger partial charge in [0.05, 0.1) is 11.7 Å². The molecule has 3 heterocycles. The normalized spacial score (nSPS) is 17.7. The Morgan fingerprint density at radius 2 is 2.26 bits per heavy atom. The van der Waals surface area contributed by atoms with Crippen molar-refractivity contribution in [2.45, 2.75) is 26.3 Å². The van der Waals surface area contributed by atoms with Gasteiger partial charge in [-0.25, -0.2) is 4.98 Å². The molecular weight excluding hydrogens is 314 g/mol. The molecule has 7 nitrogen and oxygen atoms in total. The molecule has 124 valence electrons. The minimum atomic E-state index is -0.211. The SMILES string of the molecule is Cc1cc(NC(=O)[C@@H](C)N2CCCN(c3nccs3)CC2)on1. The fraction of sp³-hybridized carbons (Fsp3) is 0.533. The first kappa shape index (κ1) is 15.9. The Hall–Kier alpha value is -1.93. The van der Waals surface area contributed by atoms with E-state index in [4.69, 9.17) is 4.52 Å². The molecule has 0 spiro atoms. The second-order valence-corrected chi connectivity index (χ2v) is 6.56. The number of carbonyl (C=O) groups excluding carboxylic acids is 1. The Morgan fingerprint density at radius 3 is 2.96 bits per heavy atom. The zero-order chi connectivity index (χ0) is 16.2. The maximum absolute atomic E-state index is 12.4. The zero-order valence-electron chi connectivity index (χ0n) is 13.4. The summed E-state index contributed by atoms with van der Waals surface area (Å²) in [6.07, 6.45) is 2.84. The Balaban J connectivity index is 1.57. The second-order valence-electron chi connectivity index (χ2n) is 5.69. The van der Waals surface area contributed by atoms with Crippen LogP contribution in [0.25, 0.3) is 0 Å². The second kappa shape index (κ2) is 7.10. The van der Waals surface area contributed by atoms with Crippen LogP contribution in [0.5, 0.6) is 0 Å². The Bertz CT molecular complexity index is 642. The van der Waals surface area contributed by atoms with Crippen molar-refractivity contribution in [3.63, 3.8) is 0 Å². The topological polar surface area (TPSA) is 74.5 Å². The lowest BCUT2D eigenvalue weighted by Crippen LogP contribution is -2.43. The Morgan fingerprint density at radius 1 is 1.39 bits per heavy atom. The lowest BCUT2D eigenvalue weighted by molar-refractivity contribution is -0.120. The van der Waals surface area contributed by atoms with E-state index in [2.05, 4.69) is 25.3 Å². The van der Waals surface area contributed by atoms with Gasteiger partial charge >= 0.3 is 0 Å². The molecule has 3 rings (SSSR count). The summed E-state index contributed by atoms with van der Waals surface area (Å²) >= 11 is 1.66. The van der Waals surface area contributed by atoms with E-state index >= 15 is 0 Å². The lowest BCUT2D eigenvalue weighted by atomic mass is 10.2. The van der Waals surface area contributed by atoms with Crippen molar-refractivity contribution in [2.24, 2.45) is 0 Å². The van der Waals surface area contributed by atoms with Crippen LogP contribution in [0.15, 0.2) is 22.2 Å². The summed E-state index contributed by atoms with van der Waals surface area (Å²) < 4.78 is 5.05. The first-order valence-corrected chi connectivity index (χ1v) is 8.64. The molecule has 8 heteroatoms. The van der Waals surface area contributed by atoms with Crippen molar-refractivity contribution in [2.75, 3.05) is 36.4 Å². The maximum atomic E-state index is 12.4. The fourth-order valence-electron chi connectivity index (χ4n) is 2.70. The van der Waals surface area contributed by atoms with E-state index in [0.29, 0.717) is 5.88 Å². The van der Waals surface area contributed by atoms with Gasteiger partial charge in [0.2, 0.25) is 11.8 Å². The number of thiazole rings is 1. The summed E-state index contributed by atoms with van der Waals surface area (Å²) in [5, 5.41) is 9.61. The quantitative estimate of drug-likeness (QED) is 0.921. The van der Waals surface area contributed by atoms with Crippen molar-refractivity contribution in [3.05, 3.63) is 23.3 Å². The van der Waals surface area contributed by atoms with Crippen LogP contribution in [0.2, 0.25) is 0 Å². The number of aromatic nitrogens is 2. The average molecular weight is 335 g/mol. The van der Waals surface area contributed by atoms with E-state index in [0.717, 1.165) is 43.4 Å². The van der Waals surface area contributed by atoms with Crippen molar-refractivity contribution >= 4 is 28.3 Å². The highest BCUT2D eigenvalue weighted by Gasteiger charge is 2.25. The highest BCUT2D eigenvalue weighted by atomic mass is 32.1. The van der Waals surface area contributed by atoms with Gasteiger partial charge in [-0.1, -0.05) is 5.16 Å². The molecule has 2 aromatic heterocycles. The van der Waals surface area contributed by atoms with E-state index < -0.39 is 0 Å². The molecule has 0 saturated carbocycles. The summed E-state index contributed by atoms with van der Waals surface area (Å²) in [6, 6.07) is 1.51. The van der Waals surface area contributed by atoms with Gasteiger partial charge < -0.3 is 9.42 Å². The van der Waals surface area contributed by atoms with Gasteiger partial charge in [-0.15, -0.1) is 11.3 Å². The predicted molar refractivity (Wildman–Crippen MR) is 89.8 cm³/mol. The number of rotatable bonds is 4. The number of hydrogen-bond donors (Lipinski definition) is 1. The first-order valence-electron chi connectivity index (χ1n) is 7.76. The highest BCUT2D eigenvalue weighted by Crippen LogP contribution is 2.20. The highest BCUT2D eigenvalue weighted by molar-refractivity contribution is 7.13. The van der Waals surface area contributed by atoms with Crippen molar-refractivity contribution in [1.29, 1.82) is 0 Å². The Kier molecular flexibility index (Phi) is 4.92. The van der Waals surface area contributed by atoms with E-state index in [1.54, 1.807) is 17.4 Å². The maximum Gasteiger partial charge on any atom is 0.243 e. The molecule has 0 aromatic carbocycles. The van der Waals surface area contributed by atoms with Crippen molar-refractivity contribution in [3.8, 4) is 0 Å². The molecule has 1 aliphatic heterocycles. The first-order chi connectivity index (χ1) is 11.1. The largest absolute Gasteiger partial charge is 0.347 e. The molecule has 1 atom stereocenters. The number of anilines is 2. The number of nitrogens with one attached hydrogen (secondary N) is 1.